The molecule has 2 aromatic heterocycles. The Bertz CT molecular complexity index is 1490. The van der Waals surface area contributed by atoms with Crippen molar-refractivity contribution in [3.8, 4) is 11.1 Å². The second-order valence-corrected chi connectivity index (χ2v) is 11.9. The number of likely N-dealkylation sites (N-methyl/N-ethyl adjacent to an activating group) is 1. The van der Waals surface area contributed by atoms with E-state index in [1.165, 1.54) is 23.5 Å². The van der Waals surface area contributed by atoms with Crippen molar-refractivity contribution in [3.63, 3.8) is 0 Å². The Morgan fingerprint density at radius 2 is 1.81 bits per heavy atom. The Hall–Kier alpha value is -3.26. The van der Waals surface area contributed by atoms with Crippen molar-refractivity contribution in [2.45, 2.75) is 38.7 Å². The van der Waals surface area contributed by atoms with Crippen molar-refractivity contribution in [1.29, 1.82) is 0 Å². The summed E-state index contributed by atoms with van der Waals surface area (Å²) in [6.45, 7) is 8.73. The van der Waals surface area contributed by atoms with E-state index in [9.17, 15) is 22.8 Å². The van der Waals surface area contributed by atoms with Gasteiger partial charge in [-0.3, -0.25) is 19.4 Å². The van der Waals surface area contributed by atoms with E-state index in [1.54, 1.807) is 0 Å². The number of hydrogen-bond acceptors (Lipinski definition) is 7. The third-order valence-corrected chi connectivity index (χ3v) is 8.88. The minimum absolute atomic E-state index is 0.107. The highest BCUT2D eigenvalue weighted by atomic mass is 32.1. The Morgan fingerprint density at radius 1 is 1.12 bits per heavy atom. The molecule has 1 amide bonds. The quantitative estimate of drug-likeness (QED) is 0.389. The van der Waals surface area contributed by atoms with Crippen LogP contribution in [0.15, 0.2) is 40.6 Å². The maximum absolute atomic E-state index is 15.8. The Morgan fingerprint density at radius 3 is 2.48 bits per heavy atom. The van der Waals surface area contributed by atoms with Crippen molar-refractivity contribution < 1.29 is 27.1 Å². The Kier molecular flexibility index (Phi) is 8.74. The van der Waals surface area contributed by atoms with Crippen LogP contribution < -0.4 is 15.8 Å². The molecule has 0 bridgehead atoms. The number of amides is 1. The number of H-pyrrole nitrogens is 1. The monoisotopic (exact) mass is 607 g/mol. The fourth-order valence-corrected chi connectivity index (χ4v) is 6.34. The van der Waals surface area contributed by atoms with Crippen LogP contribution in [0.25, 0.3) is 11.1 Å². The number of benzene rings is 1. The summed E-state index contributed by atoms with van der Waals surface area (Å²) in [4.78, 5) is 34.5. The van der Waals surface area contributed by atoms with Gasteiger partial charge in [-0.2, -0.15) is 13.2 Å². The number of carbonyl (C=O) groups excluding carboxylic acids is 1. The molecule has 1 aromatic carbocycles. The van der Waals surface area contributed by atoms with Gasteiger partial charge in [0, 0.05) is 67.5 Å². The van der Waals surface area contributed by atoms with E-state index in [-0.39, 0.29) is 23.3 Å². The first kappa shape index (κ1) is 30.2. The second kappa shape index (κ2) is 12.2. The minimum Gasteiger partial charge on any atom is -0.379 e. The number of carbonyl (C=O) groups is 1. The van der Waals surface area contributed by atoms with Crippen LogP contribution in [0.5, 0.6) is 0 Å². The first-order valence-corrected chi connectivity index (χ1v) is 14.6. The number of nitrogens with zero attached hydrogens (tertiary/aromatic N) is 3. The van der Waals surface area contributed by atoms with E-state index >= 15 is 4.39 Å². The van der Waals surface area contributed by atoms with Crippen LogP contribution in [0.2, 0.25) is 0 Å². The number of ether oxygens (including phenoxy) is 1. The van der Waals surface area contributed by atoms with Crippen molar-refractivity contribution in [1.82, 2.24) is 14.8 Å². The molecule has 0 saturated carbocycles. The number of thiophene rings is 1. The van der Waals surface area contributed by atoms with Crippen LogP contribution in [0.3, 0.4) is 0 Å². The van der Waals surface area contributed by atoms with Crippen molar-refractivity contribution in [2.24, 2.45) is 0 Å². The summed E-state index contributed by atoms with van der Waals surface area (Å²) < 4.78 is 62.4. The van der Waals surface area contributed by atoms with Crippen LogP contribution in [-0.4, -0.2) is 79.2 Å². The van der Waals surface area contributed by atoms with Gasteiger partial charge in [0.15, 0.2) is 0 Å². The van der Waals surface area contributed by atoms with Crippen LogP contribution in [-0.2, 0) is 17.5 Å². The predicted molar refractivity (Wildman–Crippen MR) is 155 cm³/mol. The fourth-order valence-electron chi connectivity index (χ4n) is 5.41. The zero-order valence-electron chi connectivity index (χ0n) is 23.6. The lowest BCUT2D eigenvalue weighted by Gasteiger charge is -2.44. The fraction of sp³-hybridized carbons (Fsp3) is 0.448. The summed E-state index contributed by atoms with van der Waals surface area (Å²) in [6, 6.07) is 5.29. The van der Waals surface area contributed by atoms with E-state index in [2.05, 4.69) is 20.1 Å². The van der Waals surface area contributed by atoms with Crippen molar-refractivity contribution >= 4 is 28.6 Å². The van der Waals surface area contributed by atoms with Crippen LogP contribution in [0.4, 0.5) is 28.9 Å². The van der Waals surface area contributed by atoms with Crippen LogP contribution >= 0.6 is 11.3 Å². The molecule has 2 fully saturated rings. The number of aromatic nitrogens is 1. The summed E-state index contributed by atoms with van der Waals surface area (Å²) in [5.74, 6) is -1.57. The highest BCUT2D eigenvalue weighted by Gasteiger charge is 2.36. The number of anilines is 2. The van der Waals surface area contributed by atoms with Gasteiger partial charge in [0.05, 0.1) is 35.7 Å². The number of morpholine rings is 1. The molecule has 42 heavy (non-hydrogen) atoms. The lowest BCUT2D eigenvalue weighted by molar-refractivity contribution is -0.138. The molecule has 0 aliphatic carbocycles. The van der Waals surface area contributed by atoms with Gasteiger partial charge in [-0.15, -0.1) is 11.3 Å². The summed E-state index contributed by atoms with van der Waals surface area (Å²) in [6.07, 6.45) is -4.17. The molecular formula is C29H33F4N5O3S. The summed E-state index contributed by atoms with van der Waals surface area (Å²) in [5.41, 5.74) is -1.66. The molecule has 4 heterocycles. The summed E-state index contributed by atoms with van der Waals surface area (Å²) in [7, 11) is 2.00. The molecule has 0 unspecified atom stereocenters. The van der Waals surface area contributed by atoms with E-state index in [4.69, 9.17) is 4.74 Å². The molecule has 2 atom stereocenters. The normalized spacial score (nSPS) is 20.6. The average Bonchev–Trinajstić information content (AvgIpc) is 3.40. The molecule has 5 rings (SSSR count). The van der Waals surface area contributed by atoms with Crippen molar-refractivity contribution in [3.05, 3.63) is 68.0 Å². The first-order valence-electron chi connectivity index (χ1n) is 13.7. The molecule has 0 spiro atoms. The Labute approximate surface area is 244 Å². The van der Waals surface area contributed by atoms with Crippen molar-refractivity contribution in [2.75, 3.05) is 56.7 Å². The third-order valence-electron chi connectivity index (χ3n) is 7.96. The molecule has 3 aromatic rings. The van der Waals surface area contributed by atoms with E-state index in [0.29, 0.717) is 50.2 Å². The number of halogens is 4. The minimum atomic E-state index is -4.92. The first-order chi connectivity index (χ1) is 19.9. The number of nitrogens with one attached hydrogen (secondary N) is 2. The van der Waals surface area contributed by atoms with Gasteiger partial charge in [-0.25, -0.2) is 4.39 Å². The number of alkyl halides is 3. The Balaban J connectivity index is 1.52. The molecule has 2 aliphatic heterocycles. The lowest BCUT2D eigenvalue weighted by atomic mass is 10.0. The molecule has 2 saturated heterocycles. The zero-order chi connectivity index (χ0) is 30.2. The number of pyridine rings is 1. The average molecular weight is 608 g/mol. The van der Waals surface area contributed by atoms with Gasteiger partial charge in [-0.1, -0.05) is 0 Å². The number of rotatable bonds is 6. The highest BCUT2D eigenvalue weighted by molar-refractivity contribution is 7.10. The van der Waals surface area contributed by atoms with Gasteiger partial charge < -0.3 is 19.9 Å². The van der Waals surface area contributed by atoms with Gasteiger partial charge in [0.1, 0.15) is 5.82 Å². The molecule has 2 aliphatic rings. The predicted octanol–water partition coefficient (Wildman–Crippen LogP) is 4.87. The number of aromatic amines is 1. The summed E-state index contributed by atoms with van der Waals surface area (Å²) >= 11 is 1.49. The van der Waals surface area contributed by atoms with E-state index < -0.39 is 34.6 Å². The molecule has 2 N–H and O–H groups in total. The highest BCUT2D eigenvalue weighted by Crippen LogP contribution is 2.38. The standard InChI is InChI=1S/C29H33F4N5O3S/c1-17-13-38(14-18(2)36(17)3)26-11-24(30)21(19-8-20(42-16-19)15-37-4-6-41-7-5-37)9-25(26)35-28(40)22-12-34-27(39)10-23(22)29(31,32)33/h8-12,16-18H,4-7,13-15H2,1-3H3,(H,34,39)(H,35,40)/t17-,18+. The second-order valence-electron chi connectivity index (χ2n) is 10.9. The summed E-state index contributed by atoms with van der Waals surface area (Å²) in [5, 5.41) is 4.44. The third kappa shape index (κ3) is 6.54. The molecule has 0 radical (unpaired) electrons. The van der Waals surface area contributed by atoms with Gasteiger partial charge >= 0.3 is 6.18 Å². The molecule has 13 heteroatoms. The zero-order valence-corrected chi connectivity index (χ0v) is 24.4. The SMILES string of the molecule is C[C@@H]1CN(c2cc(F)c(-c3csc(CN4CCOCC4)c3)cc2NC(=O)c2c[nH]c(=O)cc2C(F)(F)F)C[C@H](C)N1C. The molecule has 8 nitrogen and oxygen atoms in total. The van der Waals surface area contributed by atoms with Gasteiger partial charge in [0.2, 0.25) is 5.56 Å². The smallest absolute Gasteiger partial charge is 0.379 e. The molecule has 226 valence electrons. The maximum Gasteiger partial charge on any atom is 0.417 e. The van der Waals surface area contributed by atoms with Crippen LogP contribution in [0, 0.1) is 5.82 Å². The van der Waals surface area contributed by atoms with Gasteiger partial charge in [-0.05, 0) is 50.0 Å². The molecular weight excluding hydrogens is 574 g/mol. The van der Waals surface area contributed by atoms with Gasteiger partial charge in [0.25, 0.3) is 5.91 Å². The van der Waals surface area contributed by atoms with E-state index in [1.807, 2.05) is 37.2 Å². The largest absolute Gasteiger partial charge is 0.417 e. The maximum atomic E-state index is 15.8. The topological polar surface area (TPSA) is 80.9 Å². The van der Waals surface area contributed by atoms with E-state index in [0.717, 1.165) is 24.2 Å². The lowest BCUT2D eigenvalue weighted by Crippen LogP contribution is -2.55. The van der Waals surface area contributed by atoms with Crippen LogP contribution in [0.1, 0.15) is 34.6 Å². The number of hydrogen-bond donors (Lipinski definition) is 2. The number of piperazine rings is 1.